The summed E-state index contributed by atoms with van der Waals surface area (Å²) in [4.78, 5) is 0. The van der Waals surface area contributed by atoms with Crippen LogP contribution in [0.4, 0.5) is 13.2 Å². The number of halogens is 3. The first-order valence-electron chi connectivity index (χ1n) is 4.85. The van der Waals surface area contributed by atoms with Crippen LogP contribution in [0.5, 0.6) is 0 Å². The highest BCUT2D eigenvalue weighted by Crippen LogP contribution is 2.17. The molecule has 1 atom stereocenters. The van der Waals surface area contributed by atoms with E-state index in [0.717, 1.165) is 25.5 Å². The van der Waals surface area contributed by atoms with E-state index in [0.29, 0.717) is 5.57 Å². The summed E-state index contributed by atoms with van der Waals surface area (Å²) in [5.41, 5.74) is 0.448. The van der Waals surface area contributed by atoms with Crippen molar-refractivity contribution in [1.82, 2.24) is 5.32 Å². The van der Waals surface area contributed by atoms with Crippen molar-refractivity contribution in [3.8, 4) is 0 Å². The summed E-state index contributed by atoms with van der Waals surface area (Å²) in [6.45, 7) is 2.99. The fraction of sp³-hybridized carbons (Fsp3) is 0.455. The maximum absolute atomic E-state index is 12.7. The summed E-state index contributed by atoms with van der Waals surface area (Å²) < 4.78 is 37.5. The molecule has 0 radical (unpaired) electrons. The van der Waals surface area contributed by atoms with Crippen molar-refractivity contribution in [3.05, 3.63) is 36.0 Å². The van der Waals surface area contributed by atoms with Gasteiger partial charge in [-0.1, -0.05) is 12.7 Å². The fourth-order valence-electron chi connectivity index (χ4n) is 1.53. The minimum atomic E-state index is -1.14. The zero-order valence-corrected chi connectivity index (χ0v) is 8.40. The predicted octanol–water partition coefficient (Wildman–Crippen LogP) is 2.97. The fourth-order valence-corrected chi connectivity index (χ4v) is 1.53. The van der Waals surface area contributed by atoms with Crippen LogP contribution in [0.2, 0.25) is 0 Å². The third-order valence-corrected chi connectivity index (χ3v) is 2.37. The maximum atomic E-state index is 12.7. The third-order valence-electron chi connectivity index (χ3n) is 2.37. The average molecular weight is 217 g/mol. The first-order valence-corrected chi connectivity index (χ1v) is 4.85. The molecule has 1 heterocycles. The van der Waals surface area contributed by atoms with E-state index in [-0.39, 0.29) is 6.04 Å². The quantitative estimate of drug-likeness (QED) is 0.714. The molecule has 1 fully saturated rings. The SMILES string of the molecule is C=C(F)/C(F)=C\C=C(/CF)C1CCCN1. The Kier molecular flexibility index (Phi) is 4.62. The van der Waals surface area contributed by atoms with Crippen molar-refractivity contribution in [2.45, 2.75) is 18.9 Å². The minimum Gasteiger partial charge on any atom is -0.310 e. The van der Waals surface area contributed by atoms with Gasteiger partial charge < -0.3 is 5.32 Å². The van der Waals surface area contributed by atoms with Crippen LogP contribution in [0, 0.1) is 0 Å². The van der Waals surface area contributed by atoms with E-state index < -0.39 is 18.3 Å². The summed E-state index contributed by atoms with van der Waals surface area (Å²) in [6.07, 6.45) is 4.01. The molecule has 0 amide bonds. The van der Waals surface area contributed by atoms with Crippen molar-refractivity contribution < 1.29 is 13.2 Å². The molecule has 0 aromatic rings. The van der Waals surface area contributed by atoms with E-state index >= 15 is 0 Å². The van der Waals surface area contributed by atoms with Crippen molar-refractivity contribution in [1.29, 1.82) is 0 Å². The van der Waals surface area contributed by atoms with Crippen LogP contribution in [0.15, 0.2) is 36.0 Å². The van der Waals surface area contributed by atoms with Gasteiger partial charge in [-0.2, -0.15) is 0 Å². The van der Waals surface area contributed by atoms with Crippen LogP contribution in [-0.2, 0) is 0 Å². The molecule has 0 spiro atoms. The van der Waals surface area contributed by atoms with E-state index in [1.807, 2.05) is 0 Å². The molecule has 1 rings (SSSR count). The van der Waals surface area contributed by atoms with Crippen molar-refractivity contribution in [2.24, 2.45) is 0 Å². The van der Waals surface area contributed by atoms with Crippen molar-refractivity contribution in [2.75, 3.05) is 13.2 Å². The molecule has 84 valence electrons. The molecule has 0 bridgehead atoms. The monoisotopic (exact) mass is 217 g/mol. The zero-order valence-electron chi connectivity index (χ0n) is 8.40. The van der Waals surface area contributed by atoms with Gasteiger partial charge in [0.05, 0.1) is 0 Å². The van der Waals surface area contributed by atoms with Gasteiger partial charge in [0.15, 0.2) is 11.7 Å². The molecule has 15 heavy (non-hydrogen) atoms. The van der Waals surface area contributed by atoms with Crippen LogP contribution in [0.1, 0.15) is 12.8 Å². The summed E-state index contributed by atoms with van der Waals surface area (Å²) in [6, 6.07) is -0.0491. The Labute approximate surface area is 87.4 Å². The number of rotatable bonds is 4. The zero-order chi connectivity index (χ0) is 11.3. The van der Waals surface area contributed by atoms with E-state index in [9.17, 15) is 13.2 Å². The van der Waals surface area contributed by atoms with Crippen LogP contribution < -0.4 is 5.32 Å². The molecule has 0 saturated carbocycles. The van der Waals surface area contributed by atoms with E-state index in [4.69, 9.17) is 0 Å². The third kappa shape index (κ3) is 3.55. The molecule has 1 N–H and O–H groups in total. The second-order valence-electron chi connectivity index (χ2n) is 3.44. The molecule has 1 aliphatic heterocycles. The Balaban J connectivity index is 2.68. The number of nitrogens with one attached hydrogen (secondary N) is 1. The molecule has 4 heteroatoms. The molecule has 0 aliphatic carbocycles. The first-order chi connectivity index (χ1) is 7.15. The van der Waals surface area contributed by atoms with Crippen LogP contribution >= 0.6 is 0 Å². The lowest BCUT2D eigenvalue weighted by atomic mass is 10.1. The van der Waals surface area contributed by atoms with Gasteiger partial charge in [0, 0.05) is 6.04 Å². The maximum Gasteiger partial charge on any atom is 0.158 e. The predicted molar refractivity (Wildman–Crippen MR) is 54.5 cm³/mol. The smallest absolute Gasteiger partial charge is 0.158 e. The standard InChI is InChI=1S/C11H14F3N/c1-8(13)10(14)5-4-9(7-12)11-3-2-6-15-11/h4-5,11,15H,1-3,6-7H2/b9-4+,10-5+. The minimum absolute atomic E-state index is 0.0491. The van der Waals surface area contributed by atoms with Gasteiger partial charge >= 0.3 is 0 Å². The van der Waals surface area contributed by atoms with Gasteiger partial charge in [-0.3, -0.25) is 0 Å². The van der Waals surface area contributed by atoms with Crippen LogP contribution in [0.3, 0.4) is 0 Å². The van der Waals surface area contributed by atoms with E-state index in [2.05, 4.69) is 11.9 Å². The van der Waals surface area contributed by atoms with Gasteiger partial charge in [-0.05, 0) is 31.0 Å². The highest BCUT2D eigenvalue weighted by atomic mass is 19.2. The second-order valence-corrected chi connectivity index (χ2v) is 3.44. The summed E-state index contributed by atoms with van der Waals surface area (Å²) in [5, 5.41) is 3.08. The Morgan fingerprint density at radius 2 is 2.13 bits per heavy atom. The molecule has 0 aromatic carbocycles. The lowest BCUT2D eigenvalue weighted by Crippen LogP contribution is -2.24. The van der Waals surface area contributed by atoms with Crippen molar-refractivity contribution >= 4 is 0 Å². The summed E-state index contributed by atoms with van der Waals surface area (Å²) >= 11 is 0. The highest BCUT2D eigenvalue weighted by Gasteiger charge is 2.17. The largest absolute Gasteiger partial charge is 0.310 e. The van der Waals surface area contributed by atoms with E-state index in [1.165, 1.54) is 6.08 Å². The summed E-state index contributed by atoms with van der Waals surface area (Å²) in [5.74, 6) is -2.19. The van der Waals surface area contributed by atoms with Crippen molar-refractivity contribution in [3.63, 3.8) is 0 Å². The Hall–Kier alpha value is -1.03. The van der Waals surface area contributed by atoms with Crippen LogP contribution in [-0.4, -0.2) is 19.3 Å². The number of hydrogen-bond donors (Lipinski definition) is 1. The number of alkyl halides is 1. The lowest BCUT2D eigenvalue weighted by molar-refractivity contribution is 0.505. The van der Waals surface area contributed by atoms with Gasteiger partial charge in [-0.15, -0.1) is 0 Å². The lowest BCUT2D eigenvalue weighted by Gasteiger charge is -2.10. The van der Waals surface area contributed by atoms with Gasteiger partial charge in [0.1, 0.15) is 6.67 Å². The number of allylic oxidation sites excluding steroid dienone is 4. The first kappa shape index (κ1) is 12.0. The van der Waals surface area contributed by atoms with Crippen LogP contribution in [0.25, 0.3) is 0 Å². The molecule has 1 aliphatic rings. The molecule has 1 nitrogen and oxygen atoms in total. The number of hydrogen-bond acceptors (Lipinski definition) is 1. The van der Waals surface area contributed by atoms with E-state index in [1.54, 1.807) is 0 Å². The van der Waals surface area contributed by atoms with Gasteiger partial charge in [0.25, 0.3) is 0 Å². The topological polar surface area (TPSA) is 12.0 Å². The molecule has 1 saturated heterocycles. The molecular formula is C11H14F3N. The Morgan fingerprint density at radius 1 is 1.40 bits per heavy atom. The van der Waals surface area contributed by atoms with Gasteiger partial charge in [0.2, 0.25) is 0 Å². The second kappa shape index (κ2) is 5.75. The molecular weight excluding hydrogens is 203 g/mol. The summed E-state index contributed by atoms with van der Waals surface area (Å²) in [7, 11) is 0. The molecule has 1 unspecified atom stereocenters. The van der Waals surface area contributed by atoms with Gasteiger partial charge in [-0.25, -0.2) is 13.2 Å². The Bertz CT molecular complexity index is 288. The highest BCUT2D eigenvalue weighted by molar-refractivity contribution is 5.26. The average Bonchev–Trinajstić information content (AvgIpc) is 2.71. The Morgan fingerprint density at radius 3 is 2.60 bits per heavy atom. The molecule has 0 aromatic heterocycles. The normalized spacial score (nSPS) is 23.3.